The minimum atomic E-state index is 0.258. The van der Waals surface area contributed by atoms with Gasteiger partial charge in [0.05, 0.1) is 6.54 Å². The molecule has 2 aliphatic heterocycles. The lowest BCUT2D eigenvalue weighted by atomic mass is 10.1. The molecule has 2 saturated heterocycles. The van der Waals surface area contributed by atoms with E-state index >= 15 is 0 Å². The van der Waals surface area contributed by atoms with Gasteiger partial charge in [-0.15, -0.1) is 0 Å². The second-order valence-electron chi connectivity index (χ2n) is 5.01. The average Bonchev–Trinajstić information content (AvgIpc) is 2.78. The second kappa shape index (κ2) is 5.64. The molecule has 2 heterocycles. The Hall–Kier alpha value is -0.610. The number of hydrogen-bond acceptors (Lipinski definition) is 3. The van der Waals surface area contributed by atoms with Crippen LogP contribution in [0.3, 0.4) is 0 Å². The summed E-state index contributed by atoms with van der Waals surface area (Å²) in [5.74, 6) is 0.660. The topological polar surface area (TPSA) is 43.8 Å². The highest BCUT2D eigenvalue weighted by molar-refractivity contribution is 5.78. The third kappa shape index (κ3) is 2.95. The van der Waals surface area contributed by atoms with Crippen LogP contribution in [0.25, 0.3) is 0 Å². The molecule has 92 valence electrons. The van der Waals surface area contributed by atoms with Gasteiger partial charge in [0, 0.05) is 26.2 Å². The van der Waals surface area contributed by atoms with Crippen molar-refractivity contribution in [2.75, 3.05) is 39.3 Å². The quantitative estimate of drug-likeness (QED) is 0.753. The van der Waals surface area contributed by atoms with E-state index in [0.29, 0.717) is 12.5 Å². The second-order valence-corrected chi connectivity index (χ2v) is 5.01. The minimum Gasteiger partial charge on any atom is -0.396 e. The zero-order valence-corrected chi connectivity index (χ0v) is 9.90. The van der Waals surface area contributed by atoms with Crippen LogP contribution in [0, 0.1) is 5.92 Å². The predicted molar refractivity (Wildman–Crippen MR) is 62.1 cm³/mol. The first kappa shape index (κ1) is 11.9. The van der Waals surface area contributed by atoms with Crippen LogP contribution in [-0.2, 0) is 4.79 Å². The van der Waals surface area contributed by atoms with Gasteiger partial charge in [-0.3, -0.25) is 9.69 Å². The highest BCUT2D eigenvalue weighted by Gasteiger charge is 2.25. The van der Waals surface area contributed by atoms with Crippen LogP contribution >= 0.6 is 0 Å². The number of rotatable bonds is 3. The third-order valence-electron chi connectivity index (χ3n) is 3.70. The van der Waals surface area contributed by atoms with Crippen LogP contribution in [0.1, 0.15) is 25.7 Å². The molecule has 0 bridgehead atoms. The fourth-order valence-corrected chi connectivity index (χ4v) is 2.64. The van der Waals surface area contributed by atoms with Crippen molar-refractivity contribution in [2.45, 2.75) is 25.7 Å². The number of carbonyl (C=O) groups excluding carboxylic acids is 1. The summed E-state index contributed by atoms with van der Waals surface area (Å²) >= 11 is 0. The molecule has 1 amide bonds. The van der Waals surface area contributed by atoms with Crippen molar-refractivity contribution in [3.05, 3.63) is 0 Å². The Morgan fingerprint density at radius 2 is 1.94 bits per heavy atom. The van der Waals surface area contributed by atoms with Crippen molar-refractivity contribution in [3.8, 4) is 0 Å². The average molecular weight is 226 g/mol. The first-order chi connectivity index (χ1) is 7.79. The number of aliphatic hydroxyl groups excluding tert-OH is 1. The number of carbonyl (C=O) groups is 1. The molecular weight excluding hydrogens is 204 g/mol. The van der Waals surface area contributed by atoms with E-state index in [0.717, 1.165) is 45.4 Å². The Labute approximate surface area is 97.2 Å². The summed E-state index contributed by atoms with van der Waals surface area (Å²) in [5, 5.41) is 9.04. The summed E-state index contributed by atoms with van der Waals surface area (Å²) in [6.45, 7) is 4.54. The number of hydrogen-bond donors (Lipinski definition) is 1. The predicted octanol–water partition coefficient (Wildman–Crippen LogP) is 0.313. The SMILES string of the molecule is O=C(CN1CC[C@@H](CO)C1)N1CCCCC1. The number of piperidine rings is 1. The number of aliphatic hydroxyl groups is 1. The van der Waals surface area contributed by atoms with Crippen LogP contribution in [-0.4, -0.2) is 60.1 Å². The summed E-state index contributed by atoms with van der Waals surface area (Å²) in [6.07, 6.45) is 4.61. The Bertz CT molecular complexity index is 239. The Morgan fingerprint density at radius 1 is 1.19 bits per heavy atom. The van der Waals surface area contributed by atoms with E-state index in [-0.39, 0.29) is 12.5 Å². The van der Waals surface area contributed by atoms with Gasteiger partial charge in [-0.05, 0) is 38.1 Å². The van der Waals surface area contributed by atoms with Crippen LogP contribution < -0.4 is 0 Å². The van der Waals surface area contributed by atoms with Crippen molar-refractivity contribution in [1.29, 1.82) is 0 Å². The van der Waals surface area contributed by atoms with Gasteiger partial charge in [0.15, 0.2) is 0 Å². The highest BCUT2D eigenvalue weighted by Crippen LogP contribution is 2.16. The summed E-state index contributed by atoms with van der Waals surface area (Å²) in [6, 6.07) is 0. The number of likely N-dealkylation sites (tertiary alicyclic amines) is 2. The van der Waals surface area contributed by atoms with Gasteiger partial charge in [0.1, 0.15) is 0 Å². The van der Waals surface area contributed by atoms with Gasteiger partial charge in [-0.25, -0.2) is 0 Å². The van der Waals surface area contributed by atoms with E-state index in [9.17, 15) is 4.79 Å². The summed E-state index contributed by atoms with van der Waals surface area (Å²) in [7, 11) is 0. The molecular formula is C12H22N2O2. The molecule has 4 nitrogen and oxygen atoms in total. The molecule has 2 rings (SSSR count). The molecule has 0 aromatic heterocycles. The molecule has 1 atom stereocenters. The van der Waals surface area contributed by atoms with E-state index in [1.54, 1.807) is 0 Å². The molecule has 0 radical (unpaired) electrons. The third-order valence-corrected chi connectivity index (χ3v) is 3.70. The standard InChI is InChI=1S/C12H22N2O2/c15-10-11-4-7-13(8-11)9-12(16)14-5-2-1-3-6-14/h11,15H,1-10H2/t11-/m1/s1. The minimum absolute atomic E-state index is 0.258. The lowest BCUT2D eigenvalue weighted by Gasteiger charge is -2.28. The van der Waals surface area contributed by atoms with E-state index in [1.165, 1.54) is 6.42 Å². The van der Waals surface area contributed by atoms with Crippen LogP contribution in [0.2, 0.25) is 0 Å². The molecule has 2 aliphatic rings. The molecule has 4 heteroatoms. The van der Waals surface area contributed by atoms with Crippen molar-refractivity contribution in [3.63, 3.8) is 0 Å². The van der Waals surface area contributed by atoms with E-state index in [4.69, 9.17) is 5.11 Å². The molecule has 16 heavy (non-hydrogen) atoms. The molecule has 0 unspecified atom stereocenters. The molecule has 1 N–H and O–H groups in total. The Morgan fingerprint density at radius 3 is 2.56 bits per heavy atom. The molecule has 0 aromatic carbocycles. The zero-order chi connectivity index (χ0) is 11.4. The van der Waals surface area contributed by atoms with Crippen molar-refractivity contribution < 1.29 is 9.90 Å². The fourth-order valence-electron chi connectivity index (χ4n) is 2.64. The largest absolute Gasteiger partial charge is 0.396 e. The van der Waals surface area contributed by atoms with Crippen molar-refractivity contribution in [2.24, 2.45) is 5.92 Å². The normalized spacial score (nSPS) is 27.3. The first-order valence-corrected chi connectivity index (χ1v) is 6.40. The Balaban J connectivity index is 1.74. The maximum absolute atomic E-state index is 12.0. The smallest absolute Gasteiger partial charge is 0.236 e. The van der Waals surface area contributed by atoms with Gasteiger partial charge >= 0.3 is 0 Å². The summed E-state index contributed by atoms with van der Waals surface area (Å²) in [5.41, 5.74) is 0. The number of amides is 1. The molecule has 0 aromatic rings. The van der Waals surface area contributed by atoms with Gasteiger partial charge in [0.2, 0.25) is 5.91 Å². The van der Waals surface area contributed by atoms with Gasteiger partial charge in [-0.2, -0.15) is 0 Å². The molecule has 0 aliphatic carbocycles. The number of nitrogens with zero attached hydrogens (tertiary/aromatic N) is 2. The maximum atomic E-state index is 12.0. The van der Waals surface area contributed by atoms with Crippen LogP contribution in [0.15, 0.2) is 0 Å². The van der Waals surface area contributed by atoms with Crippen LogP contribution in [0.4, 0.5) is 0 Å². The van der Waals surface area contributed by atoms with Crippen molar-refractivity contribution >= 4 is 5.91 Å². The maximum Gasteiger partial charge on any atom is 0.236 e. The molecule has 0 spiro atoms. The van der Waals surface area contributed by atoms with Gasteiger partial charge in [0.25, 0.3) is 0 Å². The first-order valence-electron chi connectivity index (χ1n) is 6.40. The summed E-state index contributed by atoms with van der Waals surface area (Å²) < 4.78 is 0. The van der Waals surface area contributed by atoms with Crippen LogP contribution in [0.5, 0.6) is 0 Å². The monoisotopic (exact) mass is 226 g/mol. The zero-order valence-electron chi connectivity index (χ0n) is 9.90. The van der Waals surface area contributed by atoms with E-state index < -0.39 is 0 Å². The van der Waals surface area contributed by atoms with Gasteiger partial charge < -0.3 is 10.0 Å². The van der Waals surface area contributed by atoms with E-state index in [2.05, 4.69) is 4.90 Å². The Kier molecular flexibility index (Phi) is 4.18. The lowest BCUT2D eigenvalue weighted by molar-refractivity contribution is -0.133. The molecule has 0 saturated carbocycles. The van der Waals surface area contributed by atoms with Gasteiger partial charge in [-0.1, -0.05) is 0 Å². The fraction of sp³-hybridized carbons (Fsp3) is 0.917. The van der Waals surface area contributed by atoms with E-state index in [1.807, 2.05) is 4.90 Å². The summed E-state index contributed by atoms with van der Waals surface area (Å²) in [4.78, 5) is 16.1. The van der Waals surface area contributed by atoms with Crippen molar-refractivity contribution in [1.82, 2.24) is 9.80 Å². The molecule has 2 fully saturated rings. The highest BCUT2D eigenvalue weighted by atomic mass is 16.3. The lowest BCUT2D eigenvalue weighted by Crippen LogP contribution is -2.42.